The number of pyridine rings is 1. The quantitative estimate of drug-likeness (QED) is 0.669. The van der Waals surface area contributed by atoms with Gasteiger partial charge >= 0.3 is 0 Å². The summed E-state index contributed by atoms with van der Waals surface area (Å²) in [5.41, 5.74) is 8.33. The number of rotatable bonds is 1. The normalized spacial score (nSPS) is 10.9. The molecule has 0 spiro atoms. The van der Waals surface area contributed by atoms with Gasteiger partial charge in [0.2, 0.25) is 5.89 Å². The maximum atomic E-state index is 5.81. The van der Waals surface area contributed by atoms with E-state index in [0.717, 1.165) is 0 Å². The lowest BCUT2D eigenvalue weighted by atomic mass is 10.3. The Morgan fingerprint density at radius 1 is 1.18 bits per heavy atom. The molecule has 2 aromatic heterocycles. The van der Waals surface area contributed by atoms with Crippen LogP contribution in [0.25, 0.3) is 22.7 Å². The summed E-state index contributed by atoms with van der Waals surface area (Å²) in [4.78, 5) is 8.46. The van der Waals surface area contributed by atoms with E-state index < -0.39 is 0 Å². The van der Waals surface area contributed by atoms with Crippen LogP contribution in [0.3, 0.4) is 0 Å². The van der Waals surface area contributed by atoms with E-state index in [4.69, 9.17) is 21.8 Å². The predicted octanol–water partition coefficient (Wildman–Crippen LogP) is 3.13. The van der Waals surface area contributed by atoms with Gasteiger partial charge in [-0.2, -0.15) is 0 Å². The Bertz CT molecular complexity index is 676. The minimum atomic E-state index is 0.439. The molecule has 0 unspecified atom stereocenters. The molecule has 0 amide bonds. The minimum Gasteiger partial charge on any atom is -0.435 e. The van der Waals surface area contributed by atoms with E-state index in [1.165, 1.54) is 0 Å². The zero-order valence-electron chi connectivity index (χ0n) is 8.72. The van der Waals surface area contributed by atoms with Crippen LogP contribution in [-0.2, 0) is 0 Å². The van der Waals surface area contributed by atoms with E-state index >= 15 is 0 Å². The molecule has 1 aromatic carbocycles. The first kappa shape index (κ1) is 10.1. The smallest absolute Gasteiger partial charge is 0.246 e. The molecular weight excluding hydrogens is 238 g/mol. The molecule has 4 nitrogen and oxygen atoms in total. The van der Waals surface area contributed by atoms with Gasteiger partial charge in [-0.1, -0.05) is 17.7 Å². The first-order valence-corrected chi connectivity index (χ1v) is 5.39. The summed E-state index contributed by atoms with van der Waals surface area (Å²) >= 11 is 5.77. The van der Waals surface area contributed by atoms with E-state index in [-0.39, 0.29) is 0 Å². The van der Waals surface area contributed by atoms with Crippen LogP contribution in [0.2, 0.25) is 5.02 Å². The fourth-order valence-corrected chi connectivity index (χ4v) is 1.69. The molecule has 0 saturated heterocycles. The Balaban J connectivity index is 2.18. The van der Waals surface area contributed by atoms with Crippen LogP contribution in [0.4, 0.5) is 5.69 Å². The van der Waals surface area contributed by atoms with Gasteiger partial charge in [0, 0.05) is 6.20 Å². The molecular formula is C12H8ClN3O. The molecule has 0 aliphatic heterocycles. The lowest BCUT2D eigenvalue weighted by Gasteiger charge is -1.93. The molecule has 0 radical (unpaired) electrons. The molecule has 2 heterocycles. The number of aromatic nitrogens is 2. The number of nitrogens with zero attached hydrogens (tertiary/aromatic N) is 2. The number of nitrogens with two attached hydrogens (primary N) is 1. The highest BCUT2D eigenvalue weighted by molar-refractivity contribution is 6.30. The number of fused-ring (bicyclic) bond motifs is 1. The third kappa shape index (κ3) is 1.72. The van der Waals surface area contributed by atoms with Gasteiger partial charge in [-0.15, -0.1) is 0 Å². The number of para-hydroxylation sites is 1. The van der Waals surface area contributed by atoms with Crippen molar-refractivity contribution in [3.05, 3.63) is 41.6 Å². The Morgan fingerprint density at radius 3 is 2.76 bits per heavy atom. The summed E-state index contributed by atoms with van der Waals surface area (Å²) in [5, 5.41) is 0.573. The molecule has 3 aromatic rings. The van der Waals surface area contributed by atoms with E-state index in [1.807, 2.05) is 12.1 Å². The third-order valence-corrected chi connectivity index (χ3v) is 2.62. The fourth-order valence-electron chi connectivity index (χ4n) is 1.58. The van der Waals surface area contributed by atoms with Crippen LogP contribution in [0.1, 0.15) is 0 Å². The number of hydrogen-bond donors (Lipinski definition) is 1. The monoisotopic (exact) mass is 245 g/mol. The highest BCUT2D eigenvalue weighted by Crippen LogP contribution is 2.26. The molecule has 0 aliphatic rings. The average molecular weight is 246 g/mol. The standard InChI is InChI=1S/C12H8ClN3O/c13-7-4-5-9(15-6-7)12-16-11-8(14)2-1-3-10(11)17-12/h1-6H,14H2. The maximum Gasteiger partial charge on any atom is 0.246 e. The van der Waals surface area contributed by atoms with E-state index in [9.17, 15) is 0 Å². The van der Waals surface area contributed by atoms with Crippen LogP contribution in [0, 0.1) is 0 Å². The number of halogens is 1. The Hall–Kier alpha value is -2.07. The van der Waals surface area contributed by atoms with Crippen molar-refractivity contribution in [1.82, 2.24) is 9.97 Å². The van der Waals surface area contributed by atoms with Gasteiger partial charge in [-0.3, -0.25) is 0 Å². The van der Waals surface area contributed by atoms with E-state index in [0.29, 0.717) is 33.4 Å². The van der Waals surface area contributed by atoms with E-state index in [2.05, 4.69) is 9.97 Å². The summed E-state index contributed by atoms with van der Waals surface area (Å²) in [6.45, 7) is 0. The van der Waals surface area contributed by atoms with Gasteiger partial charge in [-0.25, -0.2) is 9.97 Å². The Kier molecular flexibility index (Phi) is 2.23. The number of oxazole rings is 1. The van der Waals surface area contributed by atoms with Crippen molar-refractivity contribution >= 4 is 28.4 Å². The molecule has 3 rings (SSSR count). The Morgan fingerprint density at radius 2 is 2.06 bits per heavy atom. The molecule has 17 heavy (non-hydrogen) atoms. The molecule has 0 bridgehead atoms. The average Bonchev–Trinajstić information content (AvgIpc) is 2.75. The minimum absolute atomic E-state index is 0.439. The fraction of sp³-hybridized carbons (Fsp3) is 0. The SMILES string of the molecule is Nc1cccc2oc(-c3ccc(Cl)cn3)nc12. The van der Waals surface area contributed by atoms with Gasteiger partial charge in [0.05, 0.1) is 10.7 Å². The van der Waals surface area contributed by atoms with Crippen LogP contribution >= 0.6 is 11.6 Å². The predicted molar refractivity (Wildman–Crippen MR) is 66.7 cm³/mol. The second-order valence-electron chi connectivity index (χ2n) is 3.57. The van der Waals surface area contributed by atoms with Crippen LogP contribution < -0.4 is 5.73 Å². The van der Waals surface area contributed by atoms with Crippen LogP contribution in [0.15, 0.2) is 40.9 Å². The highest BCUT2D eigenvalue weighted by Gasteiger charge is 2.10. The van der Waals surface area contributed by atoms with E-state index in [1.54, 1.807) is 24.4 Å². The first-order chi connectivity index (χ1) is 8.24. The topological polar surface area (TPSA) is 64.9 Å². The van der Waals surface area contributed by atoms with Crippen molar-refractivity contribution in [3.8, 4) is 11.6 Å². The summed E-state index contributed by atoms with van der Waals surface area (Å²) in [6.07, 6.45) is 1.55. The molecule has 84 valence electrons. The third-order valence-electron chi connectivity index (χ3n) is 2.40. The summed E-state index contributed by atoms with van der Waals surface area (Å²) in [6, 6.07) is 8.91. The number of benzene rings is 1. The Labute approximate surface area is 102 Å². The van der Waals surface area contributed by atoms with Gasteiger partial charge in [0.1, 0.15) is 11.2 Å². The summed E-state index contributed by atoms with van der Waals surface area (Å²) in [7, 11) is 0. The largest absolute Gasteiger partial charge is 0.435 e. The van der Waals surface area contributed by atoms with Crippen LogP contribution in [0.5, 0.6) is 0 Å². The molecule has 5 heteroatoms. The maximum absolute atomic E-state index is 5.81. The zero-order chi connectivity index (χ0) is 11.8. The number of nitrogen functional groups attached to an aromatic ring is 1. The molecule has 0 fully saturated rings. The molecule has 0 saturated carbocycles. The van der Waals surface area contributed by atoms with Crippen molar-refractivity contribution in [3.63, 3.8) is 0 Å². The van der Waals surface area contributed by atoms with Gasteiger partial charge in [-0.05, 0) is 24.3 Å². The first-order valence-electron chi connectivity index (χ1n) is 5.01. The van der Waals surface area contributed by atoms with Crippen LogP contribution in [-0.4, -0.2) is 9.97 Å². The van der Waals surface area contributed by atoms with Gasteiger partial charge < -0.3 is 10.2 Å². The van der Waals surface area contributed by atoms with Crippen molar-refractivity contribution in [1.29, 1.82) is 0 Å². The van der Waals surface area contributed by atoms with Gasteiger partial charge in [0.25, 0.3) is 0 Å². The molecule has 0 aliphatic carbocycles. The van der Waals surface area contributed by atoms with Crippen molar-refractivity contribution in [2.45, 2.75) is 0 Å². The van der Waals surface area contributed by atoms with Crippen molar-refractivity contribution in [2.75, 3.05) is 5.73 Å². The lowest BCUT2D eigenvalue weighted by molar-refractivity contribution is 0.617. The summed E-state index contributed by atoms with van der Waals surface area (Å²) < 4.78 is 5.58. The second kappa shape index (κ2) is 3.75. The second-order valence-corrected chi connectivity index (χ2v) is 4.01. The molecule has 0 atom stereocenters. The lowest BCUT2D eigenvalue weighted by Crippen LogP contribution is -1.85. The van der Waals surface area contributed by atoms with Gasteiger partial charge in [0.15, 0.2) is 5.58 Å². The zero-order valence-corrected chi connectivity index (χ0v) is 9.48. The number of hydrogen-bond acceptors (Lipinski definition) is 4. The number of anilines is 1. The summed E-state index contributed by atoms with van der Waals surface area (Å²) in [5.74, 6) is 0.439. The van der Waals surface area contributed by atoms with Crippen molar-refractivity contribution < 1.29 is 4.42 Å². The van der Waals surface area contributed by atoms with Crippen molar-refractivity contribution in [2.24, 2.45) is 0 Å². The molecule has 2 N–H and O–H groups in total. The highest BCUT2D eigenvalue weighted by atomic mass is 35.5.